The summed E-state index contributed by atoms with van der Waals surface area (Å²) >= 11 is 5.06. The van der Waals surface area contributed by atoms with Gasteiger partial charge in [0.2, 0.25) is 0 Å². The van der Waals surface area contributed by atoms with Gasteiger partial charge in [-0.15, -0.1) is 0 Å². The molecule has 0 atom stereocenters. The lowest BCUT2D eigenvalue weighted by atomic mass is 10.0. The first-order valence-electron chi connectivity index (χ1n) is 6.93. The van der Waals surface area contributed by atoms with Gasteiger partial charge < -0.3 is 5.32 Å². The molecule has 2 N–H and O–H groups in total. The molecular formula is C17H17FN2OS. The number of rotatable bonds is 3. The summed E-state index contributed by atoms with van der Waals surface area (Å²) in [6, 6.07) is 13.2. The zero-order valence-electron chi connectivity index (χ0n) is 12.4. The van der Waals surface area contributed by atoms with E-state index >= 15 is 0 Å². The topological polar surface area (TPSA) is 41.1 Å². The number of thiocarbonyl (C=S) groups is 1. The molecule has 0 radical (unpaired) electrons. The zero-order valence-corrected chi connectivity index (χ0v) is 13.2. The first-order chi connectivity index (χ1) is 10.5. The van der Waals surface area contributed by atoms with Crippen molar-refractivity contribution in [1.82, 2.24) is 5.32 Å². The van der Waals surface area contributed by atoms with Crippen LogP contribution in [0.1, 0.15) is 35.7 Å². The average Bonchev–Trinajstić information content (AvgIpc) is 2.47. The van der Waals surface area contributed by atoms with E-state index in [0.29, 0.717) is 17.2 Å². The van der Waals surface area contributed by atoms with Gasteiger partial charge in [0.25, 0.3) is 5.91 Å². The Morgan fingerprint density at radius 2 is 1.82 bits per heavy atom. The van der Waals surface area contributed by atoms with E-state index in [0.717, 1.165) is 5.56 Å². The van der Waals surface area contributed by atoms with Crippen molar-refractivity contribution < 1.29 is 9.18 Å². The molecular weight excluding hydrogens is 299 g/mol. The van der Waals surface area contributed by atoms with Gasteiger partial charge in [-0.1, -0.05) is 32.0 Å². The van der Waals surface area contributed by atoms with E-state index in [1.807, 2.05) is 12.1 Å². The van der Waals surface area contributed by atoms with Gasteiger partial charge in [-0.3, -0.25) is 10.1 Å². The van der Waals surface area contributed by atoms with Crippen LogP contribution in [-0.4, -0.2) is 11.0 Å². The van der Waals surface area contributed by atoms with E-state index in [2.05, 4.69) is 24.5 Å². The third-order valence-electron chi connectivity index (χ3n) is 3.15. The molecule has 0 aliphatic rings. The highest BCUT2D eigenvalue weighted by atomic mass is 32.1. The summed E-state index contributed by atoms with van der Waals surface area (Å²) < 4.78 is 13.1. The molecule has 2 aromatic carbocycles. The van der Waals surface area contributed by atoms with Crippen molar-refractivity contribution in [3.05, 3.63) is 65.5 Å². The monoisotopic (exact) mass is 316 g/mol. The second kappa shape index (κ2) is 7.13. The molecule has 0 spiro atoms. The number of benzene rings is 2. The lowest BCUT2D eigenvalue weighted by Gasteiger charge is -2.10. The van der Waals surface area contributed by atoms with Gasteiger partial charge in [0.1, 0.15) is 5.82 Å². The molecule has 0 fully saturated rings. The number of carbonyl (C=O) groups excluding carboxylic acids is 1. The lowest BCUT2D eigenvalue weighted by Crippen LogP contribution is -2.34. The molecule has 114 valence electrons. The quantitative estimate of drug-likeness (QED) is 0.839. The molecule has 0 aliphatic heterocycles. The van der Waals surface area contributed by atoms with Crippen LogP contribution in [-0.2, 0) is 0 Å². The summed E-state index contributed by atoms with van der Waals surface area (Å²) in [5, 5.41) is 5.47. The molecule has 5 heteroatoms. The Labute approximate surface area is 134 Å². The van der Waals surface area contributed by atoms with Gasteiger partial charge in [-0.25, -0.2) is 4.39 Å². The third-order valence-corrected chi connectivity index (χ3v) is 3.35. The molecule has 0 heterocycles. The third kappa shape index (κ3) is 4.36. The van der Waals surface area contributed by atoms with E-state index in [1.165, 1.54) is 12.1 Å². The number of anilines is 1. The maximum Gasteiger partial charge on any atom is 0.257 e. The van der Waals surface area contributed by atoms with Crippen LogP contribution in [0.5, 0.6) is 0 Å². The zero-order chi connectivity index (χ0) is 16.1. The molecule has 0 saturated heterocycles. The Kier molecular flexibility index (Phi) is 5.22. The lowest BCUT2D eigenvalue weighted by molar-refractivity contribution is 0.0977. The van der Waals surface area contributed by atoms with Crippen LogP contribution < -0.4 is 10.6 Å². The Hall–Kier alpha value is -2.27. The fraction of sp³-hybridized carbons (Fsp3) is 0.176. The second-order valence-electron chi connectivity index (χ2n) is 5.20. The van der Waals surface area contributed by atoms with Crippen LogP contribution in [0, 0.1) is 5.82 Å². The van der Waals surface area contributed by atoms with E-state index in [-0.39, 0.29) is 16.8 Å². The van der Waals surface area contributed by atoms with Crippen molar-refractivity contribution in [2.24, 2.45) is 0 Å². The summed E-state index contributed by atoms with van der Waals surface area (Å²) in [5.74, 6) is -0.263. The van der Waals surface area contributed by atoms with Crippen LogP contribution in [0.25, 0.3) is 0 Å². The van der Waals surface area contributed by atoms with Crippen LogP contribution in [0.3, 0.4) is 0 Å². The van der Waals surface area contributed by atoms with Crippen molar-refractivity contribution in [2.75, 3.05) is 5.32 Å². The standard InChI is InChI=1S/C17H17FN2OS/c1-11(2)12-6-8-13(9-7-12)16(21)20-17(22)19-15-5-3-4-14(18)10-15/h3-11H,1-2H3,(H2,19,20,21,22). The molecule has 2 rings (SSSR count). The van der Waals surface area contributed by atoms with Gasteiger partial charge in [0, 0.05) is 11.3 Å². The van der Waals surface area contributed by atoms with Gasteiger partial charge in [0.05, 0.1) is 0 Å². The van der Waals surface area contributed by atoms with E-state index in [9.17, 15) is 9.18 Å². The predicted octanol–water partition coefficient (Wildman–Crippen LogP) is 4.08. The van der Waals surface area contributed by atoms with Gasteiger partial charge in [-0.05, 0) is 54.0 Å². The summed E-state index contributed by atoms with van der Waals surface area (Å²) in [7, 11) is 0. The number of amides is 1. The highest BCUT2D eigenvalue weighted by molar-refractivity contribution is 7.80. The second-order valence-corrected chi connectivity index (χ2v) is 5.60. The van der Waals surface area contributed by atoms with Crippen LogP contribution in [0.2, 0.25) is 0 Å². The Bertz CT molecular complexity index is 683. The van der Waals surface area contributed by atoms with Crippen LogP contribution in [0.15, 0.2) is 48.5 Å². The first kappa shape index (κ1) is 16.1. The van der Waals surface area contributed by atoms with Gasteiger partial charge in [0.15, 0.2) is 5.11 Å². The minimum Gasteiger partial charge on any atom is -0.332 e. The highest BCUT2D eigenvalue weighted by Crippen LogP contribution is 2.14. The van der Waals surface area contributed by atoms with Gasteiger partial charge in [-0.2, -0.15) is 0 Å². The highest BCUT2D eigenvalue weighted by Gasteiger charge is 2.09. The van der Waals surface area contributed by atoms with Crippen molar-refractivity contribution in [3.8, 4) is 0 Å². The number of carbonyl (C=O) groups is 1. The predicted molar refractivity (Wildman–Crippen MR) is 90.6 cm³/mol. The smallest absolute Gasteiger partial charge is 0.257 e. The van der Waals surface area contributed by atoms with Crippen molar-refractivity contribution in [1.29, 1.82) is 0 Å². The number of hydrogen-bond donors (Lipinski definition) is 2. The van der Waals surface area contributed by atoms with E-state index in [1.54, 1.807) is 24.3 Å². The summed E-state index contributed by atoms with van der Waals surface area (Å²) in [4.78, 5) is 12.1. The number of hydrogen-bond acceptors (Lipinski definition) is 2. The minimum atomic E-state index is -0.372. The Balaban J connectivity index is 1.97. The maximum atomic E-state index is 13.1. The molecule has 1 amide bonds. The SMILES string of the molecule is CC(C)c1ccc(C(=O)NC(=S)Nc2cccc(F)c2)cc1. The Morgan fingerprint density at radius 1 is 1.14 bits per heavy atom. The summed E-state index contributed by atoms with van der Waals surface area (Å²) in [5.41, 5.74) is 2.17. The minimum absolute atomic E-state index is 0.128. The molecule has 0 unspecified atom stereocenters. The fourth-order valence-electron chi connectivity index (χ4n) is 1.92. The number of nitrogens with one attached hydrogen (secondary N) is 2. The summed E-state index contributed by atoms with van der Waals surface area (Å²) in [6.07, 6.45) is 0. The van der Waals surface area contributed by atoms with Crippen molar-refractivity contribution in [3.63, 3.8) is 0 Å². The average molecular weight is 316 g/mol. The molecule has 0 saturated carbocycles. The largest absolute Gasteiger partial charge is 0.332 e. The van der Waals surface area contributed by atoms with E-state index < -0.39 is 0 Å². The molecule has 2 aromatic rings. The molecule has 0 aliphatic carbocycles. The van der Waals surface area contributed by atoms with Gasteiger partial charge >= 0.3 is 0 Å². The van der Waals surface area contributed by atoms with E-state index in [4.69, 9.17) is 12.2 Å². The van der Waals surface area contributed by atoms with Crippen LogP contribution in [0.4, 0.5) is 10.1 Å². The maximum absolute atomic E-state index is 13.1. The molecule has 0 aromatic heterocycles. The van der Waals surface area contributed by atoms with Crippen LogP contribution >= 0.6 is 12.2 Å². The molecule has 0 bridgehead atoms. The molecule has 22 heavy (non-hydrogen) atoms. The Morgan fingerprint density at radius 3 is 2.41 bits per heavy atom. The van der Waals surface area contributed by atoms with Crippen molar-refractivity contribution in [2.45, 2.75) is 19.8 Å². The molecule has 3 nitrogen and oxygen atoms in total. The fourth-order valence-corrected chi connectivity index (χ4v) is 2.13. The summed E-state index contributed by atoms with van der Waals surface area (Å²) in [6.45, 7) is 4.18. The van der Waals surface area contributed by atoms with Crippen molar-refractivity contribution >= 4 is 28.9 Å². The first-order valence-corrected chi connectivity index (χ1v) is 7.34. The number of halogens is 1. The normalized spacial score (nSPS) is 10.4.